The van der Waals surface area contributed by atoms with Crippen molar-refractivity contribution in [1.29, 1.82) is 0 Å². The van der Waals surface area contributed by atoms with E-state index in [-0.39, 0.29) is 5.41 Å². The molecule has 1 fully saturated rings. The second-order valence-corrected chi connectivity index (χ2v) is 7.15. The minimum absolute atomic E-state index is 0.168. The van der Waals surface area contributed by atoms with Gasteiger partial charge in [-0.15, -0.1) is 0 Å². The van der Waals surface area contributed by atoms with E-state index in [1.54, 1.807) is 7.11 Å². The molecule has 1 aromatic rings. The van der Waals surface area contributed by atoms with Crippen LogP contribution in [0.5, 0.6) is 5.75 Å². The molecule has 1 aliphatic carbocycles. The van der Waals surface area contributed by atoms with Crippen molar-refractivity contribution < 1.29 is 9.47 Å². The van der Waals surface area contributed by atoms with Crippen LogP contribution in [-0.2, 0) is 4.74 Å². The first kappa shape index (κ1) is 16.2. The van der Waals surface area contributed by atoms with E-state index >= 15 is 0 Å². The monoisotopic (exact) mass is 291 g/mol. The minimum Gasteiger partial charge on any atom is -0.497 e. The summed E-state index contributed by atoms with van der Waals surface area (Å²) in [6, 6.07) is 6.64. The molecule has 118 valence electrons. The summed E-state index contributed by atoms with van der Waals surface area (Å²) in [4.78, 5) is 0. The Kier molecular flexibility index (Phi) is 4.82. The SMILES string of the molecule is COc1ccc(NC2CC(OCC(C)C)C2(C)C)c(C)c1. The zero-order chi connectivity index (χ0) is 15.6. The Morgan fingerprint density at radius 3 is 2.57 bits per heavy atom. The van der Waals surface area contributed by atoms with Crippen LogP contribution in [0, 0.1) is 18.3 Å². The Morgan fingerprint density at radius 2 is 2.05 bits per heavy atom. The quantitative estimate of drug-likeness (QED) is 0.849. The fourth-order valence-corrected chi connectivity index (χ4v) is 2.83. The van der Waals surface area contributed by atoms with Gasteiger partial charge < -0.3 is 14.8 Å². The normalized spacial score (nSPS) is 23.8. The second-order valence-electron chi connectivity index (χ2n) is 7.15. The van der Waals surface area contributed by atoms with Crippen molar-refractivity contribution in [2.24, 2.45) is 11.3 Å². The Balaban J connectivity index is 1.96. The maximum absolute atomic E-state index is 6.03. The molecule has 2 rings (SSSR count). The first-order valence-corrected chi connectivity index (χ1v) is 7.87. The predicted molar refractivity (Wildman–Crippen MR) is 88.1 cm³/mol. The molecule has 2 unspecified atom stereocenters. The Morgan fingerprint density at radius 1 is 1.33 bits per heavy atom. The minimum atomic E-state index is 0.168. The number of hydrogen-bond donors (Lipinski definition) is 1. The Bertz CT molecular complexity index is 482. The van der Waals surface area contributed by atoms with Crippen molar-refractivity contribution in [2.75, 3.05) is 19.0 Å². The average Bonchev–Trinajstić information content (AvgIpc) is 2.42. The molecule has 0 bridgehead atoms. The molecule has 0 radical (unpaired) electrons. The van der Waals surface area contributed by atoms with E-state index in [1.165, 1.54) is 11.3 Å². The third-order valence-corrected chi connectivity index (χ3v) is 4.57. The van der Waals surface area contributed by atoms with Crippen molar-refractivity contribution in [3.8, 4) is 5.75 Å². The summed E-state index contributed by atoms with van der Waals surface area (Å²) in [5.41, 5.74) is 2.58. The van der Waals surface area contributed by atoms with Crippen LogP contribution < -0.4 is 10.1 Å². The number of methoxy groups -OCH3 is 1. The molecule has 0 heterocycles. The number of rotatable bonds is 6. The van der Waals surface area contributed by atoms with Gasteiger partial charge in [-0.2, -0.15) is 0 Å². The third kappa shape index (κ3) is 3.52. The van der Waals surface area contributed by atoms with E-state index in [9.17, 15) is 0 Å². The van der Waals surface area contributed by atoms with Gasteiger partial charge in [0.25, 0.3) is 0 Å². The van der Waals surface area contributed by atoms with Gasteiger partial charge in [0.05, 0.1) is 13.2 Å². The molecule has 0 amide bonds. The third-order valence-electron chi connectivity index (χ3n) is 4.57. The molecular formula is C18H29NO2. The lowest BCUT2D eigenvalue weighted by molar-refractivity contribution is -0.108. The van der Waals surface area contributed by atoms with Crippen LogP contribution in [0.15, 0.2) is 18.2 Å². The molecule has 1 N–H and O–H groups in total. The van der Waals surface area contributed by atoms with Gasteiger partial charge in [0, 0.05) is 23.8 Å². The molecule has 3 nitrogen and oxygen atoms in total. The highest BCUT2D eigenvalue weighted by atomic mass is 16.5. The molecule has 3 heteroatoms. The van der Waals surface area contributed by atoms with E-state index in [1.807, 2.05) is 6.07 Å². The molecule has 21 heavy (non-hydrogen) atoms. The highest BCUT2D eigenvalue weighted by Gasteiger charge is 2.49. The second kappa shape index (κ2) is 6.27. The van der Waals surface area contributed by atoms with Gasteiger partial charge in [0.15, 0.2) is 0 Å². The topological polar surface area (TPSA) is 30.5 Å². The van der Waals surface area contributed by atoms with Gasteiger partial charge in [0.2, 0.25) is 0 Å². The van der Waals surface area contributed by atoms with Crippen molar-refractivity contribution in [1.82, 2.24) is 0 Å². The number of nitrogens with one attached hydrogen (secondary N) is 1. The maximum Gasteiger partial charge on any atom is 0.119 e. The summed E-state index contributed by atoms with van der Waals surface area (Å²) < 4.78 is 11.3. The van der Waals surface area contributed by atoms with Crippen LogP contribution in [0.1, 0.15) is 39.7 Å². The largest absolute Gasteiger partial charge is 0.497 e. The number of hydrogen-bond acceptors (Lipinski definition) is 3. The first-order valence-electron chi connectivity index (χ1n) is 7.87. The number of anilines is 1. The molecule has 0 spiro atoms. The lowest BCUT2D eigenvalue weighted by Crippen LogP contribution is -2.58. The van der Waals surface area contributed by atoms with Gasteiger partial charge in [-0.25, -0.2) is 0 Å². The Hall–Kier alpha value is -1.22. The summed E-state index contributed by atoms with van der Waals surface area (Å²) in [5, 5.41) is 3.67. The summed E-state index contributed by atoms with van der Waals surface area (Å²) in [6.07, 6.45) is 1.43. The maximum atomic E-state index is 6.03. The van der Waals surface area contributed by atoms with Crippen LogP contribution in [0.3, 0.4) is 0 Å². The molecule has 0 aliphatic heterocycles. The summed E-state index contributed by atoms with van der Waals surface area (Å²) in [7, 11) is 1.70. The molecular weight excluding hydrogens is 262 g/mol. The molecule has 1 aliphatic rings. The van der Waals surface area contributed by atoms with E-state index in [4.69, 9.17) is 9.47 Å². The zero-order valence-electron chi connectivity index (χ0n) is 14.2. The fraction of sp³-hybridized carbons (Fsp3) is 0.667. The lowest BCUT2D eigenvalue weighted by Gasteiger charge is -2.52. The average molecular weight is 291 g/mol. The van der Waals surface area contributed by atoms with Crippen LogP contribution in [0.4, 0.5) is 5.69 Å². The van der Waals surface area contributed by atoms with E-state index in [0.29, 0.717) is 18.1 Å². The van der Waals surface area contributed by atoms with Gasteiger partial charge in [-0.1, -0.05) is 27.7 Å². The highest BCUT2D eigenvalue weighted by molar-refractivity contribution is 5.55. The van der Waals surface area contributed by atoms with Crippen molar-refractivity contribution in [2.45, 2.75) is 53.2 Å². The summed E-state index contributed by atoms with van der Waals surface area (Å²) in [6.45, 7) is 11.9. The van der Waals surface area contributed by atoms with Crippen LogP contribution >= 0.6 is 0 Å². The van der Waals surface area contributed by atoms with E-state index in [2.05, 4.69) is 52.1 Å². The molecule has 1 saturated carbocycles. The van der Waals surface area contributed by atoms with E-state index in [0.717, 1.165) is 18.8 Å². The number of benzene rings is 1. The van der Waals surface area contributed by atoms with Gasteiger partial charge in [-0.05, 0) is 43.0 Å². The van der Waals surface area contributed by atoms with Crippen LogP contribution in [-0.4, -0.2) is 25.9 Å². The summed E-state index contributed by atoms with van der Waals surface area (Å²) in [5.74, 6) is 1.50. The van der Waals surface area contributed by atoms with E-state index < -0.39 is 0 Å². The molecule has 0 aromatic heterocycles. The molecule has 0 saturated heterocycles. The Labute approximate surface area is 129 Å². The smallest absolute Gasteiger partial charge is 0.119 e. The standard InChI is InChI=1S/C18H29NO2/c1-12(2)11-21-17-10-16(18(17,4)5)19-15-8-7-14(20-6)9-13(15)3/h7-9,12,16-17,19H,10-11H2,1-6H3. The molecule has 2 atom stereocenters. The van der Waals surface area contributed by atoms with Crippen molar-refractivity contribution in [3.05, 3.63) is 23.8 Å². The first-order chi connectivity index (χ1) is 9.84. The predicted octanol–water partition coefficient (Wildman–Crippen LogP) is 4.26. The van der Waals surface area contributed by atoms with Gasteiger partial charge in [0.1, 0.15) is 5.75 Å². The van der Waals surface area contributed by atoms with Gasteiger partial charge in [-0.3, -0.25) is 0 Å². The van der Waals surface area contributed by atoms with Gasteiger partial charge >= 0.3 is 0 Å². The lowest BCUT2D eigenvalue weighted by atomic mass is 9.64. The zero-order valence-corrected chi connectivity index (χ0v) is 14.2. The molecule has 1 aromatic carbocycles. The highest BCUT2D eigenvalue weighted by Crippen LogP contribution is 2.44. The number of aryl methyl sites for hydroxylation is 1. The van der Waals surface area contributed by atoms with Crippen molar-refractivity contribution in [3.63, 3.8) is 0 Å². The number of ether oxygens (including phenoxy) is 2. The van der Waals surface area contributed by atoms with Crippen molar-refractivity contribution >= 4 is 5.69 Å². The van der Waals surface area contributed by atoms with Crippen LogP contribution in [0.25, 0.3) is 0 Å². The van der Waals surface area contributed by atoms with Crippen LogP contribution in [0.2, 0.25) is 0 Å². The summed E-state index contributed by atoms with van der Waals surface area (Å²) >= 11 is 0. The fourth-order valence-electron chi connectivity index (χ4n) is 2.83.